The van der Waals surface area contributed by atoms with Gasteiger partial charge in [0.2, 0.25) is 0 Å². The van der Waals surface area contributed by atoms with E-state index in [9.17, 15) is 19.7 Å². The summed E-state index contributed by atoms with van der Waals surface area (Å²) in [5.41, 5.74) is -0.0468. The van der Waals surface area contributed by atoms with Gasteiger partial charge in [0.15, 0.2) is 6.10 Å². The Bertz CT molecular complexity index is 615. The summed E-state index contributed by atoms with van der Waals surface area (Å²) in [5, 5.41) is 13.3. The highest BCUT2D eigenvalue weighted by Crippen LogP contribution is 2.29. The third kappa shape index (κ3) is 5.86. The summed E-state index contributed by atoms with van der Waals surface area (Å²) < 4.78 is 10.1. The van der Waals surface area contributed by atoms with Gasteiger partial charge in [0, 0.05) is 18.6 Å². The number of nitro benzene ring substituents is 1. The van der Waals surface area contributed by atoms with Crippen LogP contribution in [0.2, 0.25) is 0 Å². The molecule has 132 valence electrons. The van der Waals surface area contributed by atoms with Crippen molar-refractivity contribution >= 4 is 23.3 Å². The lowest BCUT2D eigenvalue weighted by atomic mass is 10.1. The topological polar surface area (TPSA) is 108 Å². The number of anilines is 1. The van der Waals surface area contributed by atoms with Crippen molar-refractivity contribution in [1.29, 1.82) is 0 Å². The van der Waals surface area contributed by atoms with Crippen LogP contribution in [-0.4, -0.2) is 30.0 Å². The number of carbonyl (C=O) groups is 2. The Kier molecular flexibility index (Phi) is 7.16. The SMILES string of the molecule is COc1ccc([N+](=O)[O-])cc1NC(=O)[C@H](C)OC(=O)CCC(C)C. The summed E-state index contributed by atoms with van der Waals surface area (Å²) in [5.74, 6) is -0.424. The number of carbonyl (C=O) groups excluding carboxylic acids is 2. The minimum Gasteiger partial charge on any atom is -0.495 e. The van der Waals surface area contributed by atoms with Crippen LogP contribution in [0, 0.1) is 16.0 Å². The van der Waals surface area contributed by atoms with Crippen molar-refractivity contribution in [3.05, 3.63) is 28.3 Å². The predicted octanol–water partition coefficient (Wildman–Crippen LogP) is 2.91. The molecule has 0 saturated heterocycles. The number of nitrogens with one attached hydrogen (secondary N) is 1. The van der Waals surface area contributed by atoms with E-state index in [1.165, 1.54) is 32.2 Å². The van der Waals surface area contributed by atoms with Gasteiger partial charge in [-0.2, -0.15) is 0 Å². The molecule has 0 aliphatic carbocycles. The number of non-ortho nitro benzene ring substituents is 1. The summed E-state index contributed by atoms with van der Waals surface area (Å²) in [6, 6.07) is 3.83. The summed E-state index contributed by atoms with van der Waals surface area (Å²) >= 11 is 0. The molecule has 0 aliphatic heterocycles. The van der Waals surface area contributed by atoms with Gasteiger partial charge in [0.25, 0.3) is 11.6 Å². The van der Waals surface area contributed by atoms with E-state index in [4.69, 9.17) is 9.47 Å². The van der Waals surface area contributed by atoms with Crippen LogP contribution in [0.4, 0.5) is 11.4 Å². The minimum absolute atomic E-state index is 0.141. The molecule has 0 aliphatic rings. The van der Waals surface area contributed by atoms with Crippen molar-refractivity contribution in [1.82, 2.24) is 0 Å². The fourth-order valence-corrected chi connectivity index (χ4v) is 1.86. The van der Waals surface area contributed by atoms with Crippen molar-refractivity contribution in [2.45, 2.75) is 39.7 Å². The molecule has 0 saturated carbocycles. The predicted molar refractivity (Wildman–Crippen MR) is 87.9 cm³/mol. The van der Waals surface area contributed by atoms with Crippen LogP contribution in [0.1, 0.15) is 33.6 Å². The van der Waals surface area contributed by atoms with Crippen molar-refractivity contribution in [2.75, 3.05) is 12.4 Å². The van der Waals surface area contributed by atoms with E-state index < -0.39 is 22.9 Å². The molecule has 0 heterocycles. The maximum atomic E-state index is 12.1. The molecule has 0 unspecified atom stereocenters. The Morgan fingerprint density at radius 2 is 1.96 bits per heavy atom. The molecule has 1 rings (SSSR count). The third-order valence-corrected chi connectivity index (χ3v) is 3.26. The van der Waals surface area contributed by atoms with E-state index in [2.05, 4.69) is 5.32 Å². The van der Waals surface area contributed by atoms with Crippen LogP contribution in [-0.2, 0) is 14.3 Å². The first-order valence-electron chi connectivity index (χ1n) is 7.57. The summed E-state index contributed by atoms with van der Waals surface area (Å²) in [7, 11) is 1.38. The summed E-state index contributed by atoms with van der Waals surface area (Å²) in [6.45, 7) is 5.41. The second-order valence-corrected chi connectivity index (χ2v) is 5.70. The number of nitrogens with zero attached hydrogens (tertiary/aromatic N) is 1. The van der Waals surface area contributed by atoms with E-state index in [0.29, 0.717) is 12.3 Å². The smallest absolute Gasteiger partial charge is 0.306 e. The molecule has 1 amide bonds. The molecule has 0 fully saturated rings. The van der Waals surface area contributed by atoms with E-state index in [1.807, 2.05) is 13.8 Å². The molecule has 1 aromatic rings. The number of amides is 1. The average Bonchev–Trinajstić information content (AvgIpc) is 2.52. The number of rotatable bonds is 8. The number of methoxy groups -OCH3 is 1. The molecular formula is C16H22N2O6. The molecule has 8 heteroatoms. The lowest BCUT2D eigenvalue weighted by molar-refractivity contribution is -0.384. The number of benzene rings is 1. The highest BCUT2D eigenvalue weighted by atomic mass is 16.6. The normalized spacial score (nSPS) is 11.7. The van der Waals surface area contributed by atoms with Crippen LogP contribution in [0.5, 0.6) is 5.75 Å². The molecular weight excluding hydrogens is 316 g/mol. The molecule has 0 spiro atoms. The molecule has 1 aromatic carbocycles. The van der Waals surface area contributed by atoms with Gasteiger partial charge in [-0.15, -0.1) is 0 Å². The van der Waals surface area contributed by atoms with Crippen LogP contribution < -0.4 is 10.1 Å². The van der Waals surface area contributed by atoms with Gasteiger partial charge < -0.3 is 14.8 Å². The fraction of sp³-hybridized carbons (Fsp3) is 0.500. The molecule has 24 heavy (non-hydrogen) atoms. The molecule has 1 atom stereocenters. The lowest BCUT2D eigenvalue weighted by Gasteiger charge is -2.15. The van der Waals surface area contributed by atoms with Gasteiger partial charge in [-0.3, -0.25) is 19.7 Å². The Morgan fingerprint density at radius 1 is 1.29 bits per heavy atom. The molecule has 0 radical (unpaired) electrons. The number of ether oxygens (including phenoxy) is 2. The molecule has 1 N–H and O–H groups in total. The van der Waals surface area contributed by atoms with Crippen molar-refractivity contribution in [2.24, 2.45) is 5.92 Å². The maximum Gasteiger partial charge on any atom is 0.306 e. The van der Waals surface area contributed by atoms with Crippen LogP contribution in [0.3, 0.4) is 0 Å². The van der Waals surface area contributed by atoms with Crippen LogP contribution in [0.15, 0.2) is 18.2 Å². The zero-order valence-corrected chi connectivity index (χ0v) is 14.2. The molecule has 0 bridgehead atoms. The van der Waals surface area contributed by atoms with E-state index in [0.717, 1.165) is 0 Å². The fourth-order valence-electron chi connectivity index (χ4n) is 1.86. The quantitative estimate of drug-likeness (QED) is 0.443. The first-order valence-corrected chi connectivity index (χ1v) is 7.57. The van der Waals surface area contributed by atoms with Crippen molar-refractivity contribution < 1.29 is 24.0 Å². The minimum atomic E-state index is -1.02. The zero-order chi connectivity index (χ0) is 18.3. The Hall–Kier alpha value is -2.64. The second kappa shape index (κ2) is 8.85. The number of nitro groups is 1. The van der Waals surface area contributed by atoms with Crippen molar-refractivity contribution in [3.63, 3.8) is 0 Å². The third-order valence-electron chi connectivity index (χ3n) is 3.26. The van der Waals surface area contributed by atoms with Gasteiger partial charge in [-0.1, -0.05) is 13.8 Å². The van der Waals surface area contributed by atoms with Gasteiger partial charge >= 0.3 is 5.97 Å². The van der Waals surface area contributed by atoms with E-state index in [1.54, 1.807) is 0 Å². The zero-order valence-electron chi connectivity index (χ0n) is 14.2. The van der Waals surface area contributed by atoms with Crippen LogP contribution in [0.25, 0.3) is 0 Å². The van der Waals surface area contributed by atoms with Gasteiger partial charge in [-0.05, 0) is 25.3 Å². The van der Waals surface area contributed by atoms with E-state index >= 15 is 0 Å². The number of hydrogen-bond donors (Lipinski definition) is 1. The Balaban J connectivity index is 2.74. The van der Waals surface area contributed by atoms with Gasteiger partial charge in [-0.25, -0.2) is 0 Å². The monoisotopic (exact) mass is 338 g/mol. The second-order valence-electron chi connectivity index (χ2n) is 5.70. The summed E-state index contributed by atoms with van der Waals surface area (Å²) in [6.07, 6.45) is -0.116. The summed E-state index contributed by atoms with van der Waals surface area (Å²) in [4.78, 5) is 34.0. The number of hydrogen-bond acceptors (Lipinski definition) is 6. The van der Waals surface area contributed by atoms with Crippen LogP contribution >= 0.6 is 0 Å². The molecule has 8 nitrogen and oxygen atoms in total. The standard InChI is InChI=1S/C16H22N2O6/c1-10(2)5-8-15(19)24-11(3)16(20)17-13-9-12(18(21)22)6-7-14(13)23-4/h6-7,9-11H,5,8H2,1-4H3,(H,17,20)/t11-/m0/s1. The first kappa shape index (κ1) is 19.4. The first-order chi connectivity index (χ1) is 11.2. The lowest BCUT2D eigenvalue weighted by Crippen LogP contribution is -2.30. The Morgan fingerprint density at radius 3 is 2.50 bits per heavy atom. The van der Waals surface area contributed by atoms with Gasteiger partial charge in [0.05, 0.1) is 17.7 Å². The van der Waals surface area contributed by atoms with Crippen molar-refractivity contribution in [3.8, 4) is 5.75 Å². The molecule has 0 aromatic heterocycles. The highest BCUT2D eigenvalue weighted by Gasteiger charge is 2.20. The van der Waals surface area contributed by atoms with E-state index in [-0.39, 0.29) is 23.5 Å². The average molecular weight is 338 g/mol. The number of esters is 1. The maximum absolute atomic E-state index is 12.1. The Labute approximate surface area is 140 Å². The largest absolute Gasteiger partial charge is 0.495 e. The highest BCUT2D eigenvalue weighted by molar-refractivity contribution is 5.96. The van der Waals surface area contributed by atoms with Gasteiger partial charge in [0.1, 0.15) is 5.75 Å².